The van der Waals surface area contributed by atoms with Crippen molar-refractivity contribution in [2.24, 2.45) is 0 Å². The summed E-state index contributed by atoms with van der Waals surface area (Å²) >= 11 is 0. The second-order valence-corrected chi connectivity index (χ2v) is 7.07. The summed E-state index contributed by atoms with van der Waals surface area (Å²) in [6, 6.07) is 0.999. The highest BCUT2D eigenvalue weighted by molar-refractivity contribution is 6.68. The first-order chi connectivity index (χ1) is 6.70. The molecular weight excluding hydrogens is 196 g/mol. The van der Waals surface area contributed by atoms with E-state index in [2.05, 4.69) is 13.8 Å². The van der Waals surface area contributed by atoms with Crippen LogP contribution in [0.2, 0.25) is 6.04 Å². The molecule has 1 atom stereocenters. The zero-order chi connectivity index (χ0) is 11.0. The molecule has 0 saturated carbocycles. The lowest BCUT2D eigenvalue weighted by Gasteiger charge is -2.33. The van der Waals surface area contributed by atoms with Crippen LogP contribution in [0.15, 0.2) is 0 Å². The highest BCUT2D eigenvalue weighted by Crippen LogP contribution is 2.23. The zero-order valence-electron chi connectivity index (χ0n) is 10.1. The summed E-state index contributed by atoms with van der Waals surface area (Å²) in [5.74, 6) is 0. The smallest absolute Gasteiger partial charge is 0.367 e. The Bertz CT molecular complexity index is 137. The summed E-state index contributed by atoms with van der Waals surface area (Å²) in [6.07, 6.45) is 3.20. The van der Waals surface area contributed by atoms with E-state index in [0.29, 0.717) is 0 Å². The van der Waals surface area contributed by atoms with Crippen LogP contribution in [-0.4, -0.2) is 35.6 Å². The molecule has 14 heavy (non-hydrogen) atoms. The van der Waals surface area contributed by atoms with Crippen molar-refractivity contribution in [2.45, 2.75) is 44.9 Å². The van der Waals surface area contributed by atoms with Crippen LogP contribution in [0.1, 0.15) is 33.1 Å². The Labute approximate surface area is 89.0 Å². The van der Waals surface area contributed by atoms with E-state index in [9.17, 15) is 0 Å². The average Bonchev–Trinajstić information content (AvgIpc) is 2.23. The Kier molecular flexibility index (Phi) is 7.45. The van der Waals surface area contributed by atoms with Gasteiger partial charge in [-0.2, -0.15) is 0 Å². The lowest BCUT2D eigenvalue weighted by Crippen LogP contribution is -2.52. The van der Waals surface area contributed by atoms with Crippen LogP contribution >= 0.6 is 0 Å². The van der Waals surface area contributed by atoms with Crippen molar-refractivity contribution in [3.8, 4) is 0 Å². The third-order valence-electron chi connectivity index (χ3n) is 2.62. The minimum absolute atomic E-state index is 0.155. The Morgan fingerprint density at radius 2 is 1.57 bits per heavy atom. The molecule has 0 saturated heterocycles. The van der Waals surface area contributed by atoms with Gasteiger partial charge in [-0.1, -0.05) is 26.7 Å². The fourth-order valence-electron chi connectivity index (χ4n) is 1.84. The van der Waals surface area contributed by atoms with E-state index in [1.54, 1.807) is 21.3 Å². The van der Waals surface area contributed by atoms with E-state index in [1.807, 2.05) is 0 Å². The molecule has 0 heterocycles. The molecule has 0 N–H and O–H groups in total. The van der Waals surface area contributed by atoms with Crippen LogP contribution in [0.25, 0.3) is 0 Å². The average molecular weight is 220 g/mol. The van der Waals surface area contributed by atoms with Gasteiger partial charge in [0.25, 0.3) is 0 Å². The minimum Gasteiger partial charge on any atom is -0.396 e. The number of hydrogen-bond acceptors (Lipinski definition) is 3. The minimum atomic E-state index is -2.12. The molecular formula is C10H24O3Si. The molecule has 0 aliphatic rings. The molecule has 0 bridgehead atoms. The van der Waals surface area contributed by atoms with Gasteiger partial charge in [0.1, 0.15) is 5.73 Å². The van der Waals surface area contributed by atoms with Gasteiger partial charge < -0.3 is 13.6 Å². The number of methoxy groups -OCH3 is 1. The zero-order valence-corrected chi connectivity index (χ0v) is 11.1. The first kappa shape index (κ1) is 14.1. The molecule has 1 unspecified atom stereocenters. The van der Waals surface area contributed by atoms with Gasteiger partial charge in [-0.3, -0.25) is 0 Å². The van der Waals surface area contributed by atoms with Crippen molar-refractivity contribution in [1.29, 1.82) is 0 Å². The summed E-state index contributed by atoms with van der Waals surface area (Å²) < 4.78 is 16.8. The molecule has 0 aromatic carbocycles. The van der Waals surface area contributed by atoms with Crippen molar-refractivity contribution in [2.75, 3.05) is 21.3 Å². The fourth-order valence-corrected chi connectivity index (χ4v) is 5.05. The van der Waals surface area contributed by atoms with E-state index < -0.39 is 8.56 Å². The summed E-state index contributed by atoms with van der Waals surface area (Å²) in [5, 5.41) is 0. The van der Waals surface area contributed by atoms with Crippen LogP contribution in [-0.2, 0) is 13.6 Å². The number of ether oxygens (including phenoxy) is 1. The maximum atomic E-state index is 5.62. The van der Waals surface area contributed by atoms with Gasteiger partial charge in [0.15, 0.2) is 0 Å². The maximum absolute atomic E-state index is 5.62. The van der Waals surface area contributed by atoms with Crippen LogP contribution in [0.3, 0.4) is 0 Å². The topological polar surface area (TPSA) is 27.7 Å². The molecule has 0 aromatic rings. The normalized spacial score (nSPS) is 14.4. The lowest BCUT2D eigenvalue weighted by atomic mass is 10.4. The molecule has 0 spiro atoms. The fraction of sp³-hybridized carbons (Fsp3) is 1.00. The summed E-state index contributed by atoms with van der Waals surface area (Å²) in [4.78, 5) is 0. The quantitative estimate of drug-likeness (QED) is 0.588. The Hall–Kier alpha value is 0.0969. The van der Waals surface area contributed by atoms with E-state index in [1.165, 1.54) is 0 Å². The molecule has 3 nitrogen and oxygen atoms in total. The van der Waals surface area contributed by atoms with Crippen molar-refractivity contribution in [3.63, 3.8) is 0 Å². The molecule has 0 aromatic heterocycles. The molecule has 0 aliphatic heterocycles. The van der Waals surface area contributed by atoms with E-state index in [-0.39, 0.29) is 5.73 Å². The van der Waals surface area contributed by atoms with Crippen LogP contribution in [0.5, 0.6) is 0 Å². The molecule has 0 amide bonds. The maximum Gasteiger partial charge on any atom is 0.367 e. The van der Waals surface area contributed by atoms with Crippen LogP contribution in [0.4, 0.5) is 0 Å². The largest absolute Gasteiger partial charge is 0.396 e. The predicted octanol–water partition coefficient (Wildman–Crippen LogP) is 2.49. The highest BCUT2D eigenvalue weighted by Gasteiger charge is 2.43. The predicted molar refractivity (Wildman–Crippen MR) is 60.6 cm³/mol. The molecule has 0 radical (unpaired) electrons. The van der Waals surface area contributed by atoms with Crippen molar-refractivity contribution < 1.29 is 13.6 Å². The first-order valence-electron chi connectivity index (χ1n) is 5.33. The van der Waals surface area contributed by atoms with E-state index in [4.69, 9.17) is 13.6 Å². The molecule has 0 rings (SSSR count). The Morgan fingerprint density at radius 1 is 1.00 bits per heavy atom. The van der Waals surface area contributed by atoms with Gasteiger partial charge in [-0.25, -0.2) is 0 Å². The van der Waals surface area contributed by atoms with Crippen LogP contribution in [0, 0.1) is 0 Å². The van der Waals surface area contributed by atoms with Crippen molar-refractivity contribution in [1.82, 2.24) is 0 Å². The van der Waals surface area contributed by atoms with Crippen LogP contribution < -0.4 is 0 Å². The Balaban J connectivity index is 4.54. The highest BCUT2D eigenvalue weighted by atomic mass is 28.4. The Morgan fingerprint density at radius 3 is 1.86 bits per heavy atom. The SMILES string of the molecule is CCCC(OC)[Si](CCC)(OC)OC. The summed E-state index contributed by atoms with van der Waals surface area (Å²) in [6.45, 7) is 4.31. The van der Waals surface area contributed by atoms with Gasteiger partial charge in [0.05, 0.1) is 0 Å². The number of rotatable bonds is 8. The second kappa shape index (κ2) is 7.40. The van der Waals surface area contributed by atoms with Gasteiger partial charge in [0.2, 0.25) is 0 Å². The van der Waals surface area contributed by atoms with Gasteiger partial charge in [-0.05, 0) is 12.5 Å². The monoisotopic (exact) mass is 220 g/mol. The summed E-state index contributed by atoms with van der Waals surface area (Å²) in [7, 11) is 3.12. The van der Waals surface area contributed by atoms with Gasteiger partial charge >= 0.3 is 8.56 Å². The molecule has 86 valence electrons. The third-order valence-corrected chi connectivity index (χ3v) is 6.70. The van der Waals surface area contributed by atoms with E-state index >= 15 is 0 Å². The standard InChI is InChI=1S/C10H24O3Si/c1-6-8-10(11-3)14(12-4,13-5)9-7-2/h10H,6-9H2,1-5H3. The molecule has 0 aliphatic carbocycles. The van der Waals surface area contributed by atoms with Crippen molar-refractivity contribution >= 4 is 8.56 Å². The second-order valence-electron chi connectivity index (χ2n) is 3.48. The first-order valence-corrected chi connectivity index (χ1v) is 7.43. The summed E-state index contributed by atoms with van der Waals surface area (Å²) in [5.41, 5.74) is 0.155. The molecule has 0 fully saturated rings. The van der Waals surface area contributed by atoms with E-state index in [0.717, 1.165) is 25.3 Å². The third kappa shape index (κ3) is 3.35. The molecule has 4 heteroatoms. The lowest BCUT2D eigenvalue weighted by molar-refractivity contribution is 0.0897. The number of hydrogen-bond donors (Lipinski definition) is 0. The van der Waals surface area contributed by atoms with Crippen molar-refractivity contribution in [3.05, 3.63) is 0 Å². The van der Waals surface area contributed by atoms with Gasteiger partial charge in [-0.15, -0.1) is 0 Å². The van der Waals surface area contributed by atoms with Gasteiger partial charge in [0, 0.05) is 21.3 Å².